The number of nitrogens with zero attached hydrogens (tertiary/aromatic N) is 4. The van der Waals surface area contributed by atoms with Crippen molar-refractivity contribution in [1.29, 1.82) is 0 Å². The first-order valence-electron chi connectivity index (χ1n) is 6.70. The summed E-state index contributed by atoms with van der Waals surface area (Å²) in [4.78, 5) is 28.9. The van der Waals surface area contributed by atoms with Gasteiger partial charge in [-0.2, -0.15) is 9.97 Å². The van der Waals surface area contributed by atoms with Gasteiger partial charge in [0.15, 0.2) is 5.16 Å². The zero-order valence-corrected chi connectivity index (χ0v) is 14.3. The van der Waals surface area contributed by atoms with Gasteiger partial charge >= 0.3 is 0 Å². The third-order valence-electron chi connectivity index (χ3n) is 2.63. The second kappa shape index (κ2) is 7.23. The summed E-state index contributed by atoms with van der Waals surface area (Å²) in [6.45, 7) is 4.98. The summed E-state index contributed by atoms with van der Waals surface area (Å²) < 4.78 is 10.6. The zero-order chi connectivity index (χ0) is 17.0. The maximum absolute atomic E-state index is 11.2. The molecule has 2 heterocycles. The van der Waals surface area contributed by atoms with E-state index in [1.54, 1.807) is 13.0 Å². The highest BCUT2D eigenvalue weighted by molar-refractivity contribution is 7.99. The molecule has 2 aromatic rings. The van der Waals surface area contributed by atoms with Gasteiger partial charge < -0.3 is 14.8 Å². The van der Waals surface area contributed by atoms with Crippen LogP contribution in [-0.2, 0) is 4.79 Å². The smallest absolute Gasteiger partial charge is 0.234 e. The molecule has 0 unspecified atom stereocenters. The number of carbonyl (C=O) groups is 1. The predicted molar refractivity (Wildman–Crippen MR) is 85.1 cm³/mol. The van der Waals surface area contributed by atoms with Gasteiger partial charge in [0.2, 0.25) is 17.7 Å². The highest BCUT2D eigenvalue weighted by Crippen LogP contribution is 2.38. The Hall–Kier alpha value is -2.42. The van der Waals surface area contributed by atoms with Crippen LogP contribution in [0.3, 0.4) is 0 Å². The number of aryl methyl sites for hydroxylation is 2. The molecule has 0 spiro atoms. The van der Waals surface area contributed by atoms with E-state index >= 15 is 0 Å². The van der Waals surface area contributed by atoms with Gasteiger partial charge in [-0.1, -0.05) is 0 Å². The van der Waals surface area contributed by atoms with Crippen molar-refractivity contribution in [2.45, 2.75) is 30.8 Å². The van der Waals surface area contributed by atoms with Crippen molar-refractivity contribution in [2.24, 2.45) is 0 Å². The Bertz CT molecular complexity index is 713. The summed E-state index contributed by atoms with van der Waals surface area (Å²) in [7, 11) is 3.04. The maximum atomic E-state index is 11.2. The van der Waals surface area contributed by atoms with Gasteiger partial charge in [-0.3, -0.25) is 4.79 Å². The number of ether oxygens (including phenoxy) is 2. The Morgan fingerprint density at radius 1 is 1.09 bits per heavy atom. The quantitative estimate of drug-likeness (QED) is 0.828. The van der Waals surface area contributed by atoms with Gasteiger partial charge in [-0.25, -0.2) is 9.97 Å². The van der Waals surface area contributed by atoms with Gasteiger partial charge in [0.1, 0.15) is 16.5 Å². The largest absolute Gasteiger partial charge is 0.480 e. The molecule has 23 heavy (non-hydrogen) atoms. The zero-order valence-electron chi connectivity index (χ0n) is 13.5. The van der Waals surface area contributed by atoms with Crippen LogP contribution in [0.15, 0.2) is 16.1 Å². The summed E-state index contributed by atoms with van der Waals surface area (Å²) in [5.74, 6) is 1.52. The predicted octanol–water partition coefficient (Wildman–Crippen LogP) is 2.01. The molecule has 122 valence electrons. The molecule has 0 aliphatic rings. The maximum Gasteiger partial charge on any atom is 0.234 e. The van der Waals surface area contributed by atoms with Crippen molar-refractivity contribution in [3.8, 4) is 11.8 Å². The van der Waals surface area contributed by atoms with Crippen LogP contribution in [0.5, 0.6) is 11.8 Å². The Morgan fingerprint density at radius 3 is 2.22 bits per heavy atom. The monoisotopic (exact) mass is 335 g/mol. The van der Waals surface area contributed by atoms with Crippen molar-refractivity contribution in [3.05, 3.63) is 17.6 Å². The number of hydrogen-bond donors (Lipinski definition) is 1. The minimum Gasteiger partial charge on any atom is -0.480 e. The molecule has 0 fully saturated rings. The van der Waals surface area contributed by atoms with Crippen LogP contribution in [0.2, 0.25) is 0 Å². The number of carbonyl (C=O) groups excluding carboxylic acids is 1. The summed E-state index contributed by atoms with van der Waals surface area (Å²) in [5.41, 5.74) is 0.720. The van der Waals surface area contributed by atoms with Crippen LogP contribution in [-0.4, -0.2) is 40.1 Å². The fraction of sp³-hybridized carbons (Fsp3) is 0.357. The van der Waals surface area contributed by atoms with Gasteiger partial charge in [0, 0.05) is 18.7 Å². The number of aromatic nitrogens is 4. The molecule has 9 heteroatoms. The average molecular weight is 335 g/mol. The van der Waals surface area contributed by atoms with Crippen molar-refractivity contribution in [1.82, 2.24) is 19.9 Å². The SMILES string of the molecule is COc1nc(C)nc(OC)c1Sc1nc(C)cc(NC(C)=O)n1. The van der Waals surface area contributed by atoms with Crippen molar-refractivity contribution in [3.63, 3.8) is 0 Å². The van der Waals surface area contributed by atoms with Crippen LogP contribution in [0.1, 0.15) is 18.4 Å². The second-order valence-corrected chi connectivity index (χ2v) is 5.56. The number of anilines is 1. The first-order valence-corrected chi connectivity index (χ1v) is 7.52. The lowest BCUT2D eigenvalue weighted by Crippen LogP contribution is -2.09. The normalized spacial score (nSPS) is 10.3. The molecule has 8 nitrogen and oxygen atoms in total. The molecule has 0 saturated heterocycles. The van der Waals surface area contributed by atoms with E-state index in [-0.39, 0.29) is 5.91 Å². The Labute approximate surface area is 138 Å². The Balaban J connectivity index is 2.42. The third-order valence-corrected chi connectivity index (χ3v) is 3.55. The molecular formula is C14H17N5O3S. The topological polar surface area (TPSA) is 99.1 Å². The van der Waals surface area contributed by atoms with Gasteiger partial charge in [0.25, 0.3) is 0 Å². The lowest BCUT2D eigenvalue weighted by molar-refractivity contribution is -0.114. The molecule has 0 radical (unpaired) electrons. The lowest BCUT2D eigenvalue weighted by atomic mass is 10.4. The minimum atomic E-state index is -0.201. The standard InChI is InChI=1S/C14H17N5O3S/c1-7-6-10(18-9(3)20)19-14(15-7)23-11-12(21-4)16-8(2)17-13(11)22-5/h6H,1-5H3,(H,15,18,19,20). The molecule has 2 aromatic heterocycles. The number of rotatable bonds is 5. The van der Waals surface area contributed by atoms with E-state index in [0.29, 0.717) is 33.5 Å². The molecule has 1 N–H and O–H groups in total. The van der Waals surface area contributed by atoms with Crippen molar-refractivity contribution in [2.75, 3.05) is 19.5 Å². The van der Waals surface area contributed by atoms with E-state index in [2.05, 4.69) is 25.3 Å². The van der Waals surface area contributed by atoms with Gasteiger partial charge in [-0.15, -0.1) is 0 Å². The molecule has 0 aromatic carbocycles. The van der Waals surface area contributed by atoms with Crippen molar-refractivity contribution >= 4 is 23.5 Å². The van der Waals surface area contributed by atoms with Gasteiger partial charge in [0.05, 0.1) is 14.2 Å². The first kappa shape index (κ1) is 16.9. The number of amides is 1. The summed E-state index contributed by atoms with van der Waals surface area (Å²) in [6.07, 6.45) is 0. The molecule has 0 aliphatic heterocycles. The average Bonchev–Trinajstić information content (AvgIpc) is 2.47. The summed E-state index contributed by atoms with van der Waals surface area (Å²) in [5, 5.41) is 3.07. The van der Waals surface area contributed by atoms with Crippen molar-refractivity contribution < 1.29 is 14.3 Å². The van der Waals surface area contributed by atoms with Crippen LogP contribution in [0.25, 0.3) is 0 Å². The Morgan fingerprint density at radius 2 is 1.70 bits per heavy atom. The molecule has 2 rings (SSSR count). The van der Waals surface area contributed by atoms with E-state index in [0.717, 1.165) is 5.69 Å². The van der Waals surface area contributed by atoms with Crippen LogP contribution >= 0.6 is 11.8 Å². The van der Waals surface area contributed by atoms with Crippen LogP contribution < -0.4 is 14.8 Å². The van der Waals surface area contributed by atoms with E-state index in [9.17, 15) is 4.79 Å². The molecule has 0 saturated carbocycles. The number of hydrogen-bond acceptors (Lipinski definition) is 8. The molecular weight excluding hydrogens is 318 g/mol. The summed E-state index contributed by atoms with van der Waals surface area (Å²) >= 11 is 1.21. The molecule has 0 atom stereocenters. The molecule has 0 aliphatic carbocycles. The highest BCUT2D eigenvalue weighted by atomic mass is 32.2. The summed E-state index contributed by atoms with van der Waals surface area (Å²) in [6, 6.07) is 1.69. The fourth-order valence-corrected chi connectivity index (χ4v) is 2.75. The van der Waals surface area contributed by atoms with Crippen LogP contribution in [0.4, 0.5) is 5.82 Å². The Kier molecular flexibility index (Phi) is 5.32. The third kappa shape index (κ3) is 4.28. The fourth-order valence-electron chi connectivity index (χ4n) is 1.80. The van der Waals surface area contributed by atoms with E-state index < -0.39 is 0 Å². The second-order valence-electron chi connectivity index (χ2n) is 4.58. The highest BCUT2D eigenvalue weighted by Gasteiger charge is 2.18. The van der Waals surface area contributed by atoms with Gasteiger partial charge in [-0.05, 0) is 25.6 Å². The van der Waals surface area contributed by atoms with Crippen LogP contribution in [0, 0.1) is 13.8 Å². The minimum absolute atomic E-state index is 0.201. The van der Waals surface area contributed by atoms with E-state index in [4.69, 9.17) is 9.47 Å². The van der Waals surface area contributed by atoms with E-state index in [1.165, 1.54) is 32.9 Å². The van der Waals surface area contributed by atoms with E-state index in [1.807, 2.05) is 6.92 Å². The first-order chi connectivity index (χ1) is 10.9. The molecule has 1 amide bonds. The number of methoxy groups -OCH3 is 2. The number of nitrogens with one attached hydrogen (secondary N) is 1. The lowest BCUT2D eigenvalue weighted by Gasteiger charge is -2.11. The molecule has 0 bridgehead atoms.